The summed E-state index contributed by atoms with van der Waals surface area (Å²) in [7, 11) is 0. The van der Waals surface area contributed by atoms with Gasteiger partial charge in [0.2, 0.25) is 0 Å². The predicted octanol–water partition coefficient (Wildman–Crippen LogP) is -2.73. The molecule has 0 saturated carbocycles. The molecule has 0 saturated heterocycles. The van der Waals surface area contributed by atoms with E-state index in [1.807, 2.05) is 0 Å². The quantitative estimate of drug-likeness (QED) is 0.414. The third-order valence-corrected chi connectivity index (χ3v) is 1.10. The molecule has 0 bridgehead atoms. The number of halogens is 1. The maximum Gasteiger partial charge on any atom is 1.00 e. The van der Waals surface area contributed by atoms with Gasteiger partial charge in [0, 0.05) is 5.97 Å². The van der Waals surface area contributed by atoms with Crippen LogP contribution in [-0.4, -0.2) is 12.1 Å². The van der Waals surface area contributed by atoms with Gasteiger partial charge < -0.3 is 9.90 Å². The van der Waals surface area contributed by atoms with Gasteiger partial charge in [0.1, 0.15) is 6.17 Å². The van der Waals surface area contributed by atoms with E-state index >= 15 is 0 Å². The molecule has 0 amide bonds. The number of hydrogen-bond acceptors (Lipinski definition) is 2. The Kier molecular flexibility index (Phi) is 9.78. The molecular formula is C6H10FNaO2. The van der Waals surface area contributed by atoms with Crippen molar-refractivity contribution in [1.82, 2.24) is 0 Å². The minimum absolute atomic E-state index is 0. The summed E-state index contributed by atoms with van der Waals surface area (Å²) in [6, 6.07) is 0. The van der Waals surface area contributed by atoms with E-state index in [9.17, 15) is 14.3 Å². The fourth-order valence-corrected chi connectivity index (χ4v) is 0.479. The summed E-state index contributed by atoms with van der Waals surface area (Å²) in [5.41, 5.74) is 0. The van der Waals surface area contributed by atoms with E-state index in [0.29, 0.717) is 6.42 Å². The molecule has 54 valence electrons. The first-order valence-electron chi connectivity index (χ1n) is 3.00. The van der Waals surface area contributed by atoms with Crippen molar-refractivity contribution in [3.8, 4) is 0 Å². The van der Waals surface area contributed by atoms with Crippen molar-refractivity contribution in [3.05, 3.63) is 0 Å². The zero-order valence-electron chi connectivity index (χ0n) is 6.39. The fraction of sp³-hybridized carbons (Fsp3) is 0.833. The van der Waals surface area contributed by atoms with Crippen LogP contribution in [0.2, 0.25) is 0 Å². The summed E-state index contributed by atoms with van der Waals surface area (Å²) in [5.74, 6) is -1.17. The molecule has 10 heavy (non-hydrogen) atoms. The van der Waals surface area contributed by atoms with Crippen molar-refractivity contribution < 1.29 is 43.8 Å². The van der Waals surface area contributed by atoms with Crippen LogP contribution in [0.1, 0.15) is 26.2 Å². The normalized spacial score (nSPS) is 11.8. The van der Waals surface area contributed by atoms with Crippen molar-refractivity contribution in [2.45, 2.75) is 32.4 Å². The van der Waals surface area contributed by atoms with Gasteiger partial charge in [-0.15, -0.1) is 0 Å². The van der Waals surface area contributed by atoms with E-state index in [0.717, 1.165) is 0 Å². The minimum Gasteiger partial charge on any atom is -0.550 e. The SMILES string of the molecule is CCC(F)CCC(=O)[O-].[Na+]. The molecule has 0 aliphatic heterocycles. The summed E-state index contributed by atoms with van der Waals surface area (Å²) < 4.78 is 12.2. The maximum absolute atomic E-state index is 12.2. The number of carbonyl (C=O) groups excluding carboxylic acids is 1. The van der Waals surface area contributed by atoms with Crippen molar-refractivity contribution in [2.24, 2.45) is 0 Å². The first-order chi connectivity index (χ1) is 4.16. The number of aliphatic carboxylic acids is 1. The summed E-state index contributed by atoms with van der Waals surface area (Å²) >= 11 is 0. The molecule has 0 heterocycles. The van der Waals surface area contributed by atoms with Crippen LogP contribution in [0.4, 0.5) is 4.39 Å². The van der Waals surface area contributed by atoms with Crippen LogP contribution in [0.5, 0.6) is 0 Å². The zero-order chi connectivity index (χ0) is 7.28. The number of rotatable bonds is 4. The van der Waals surface area contributed by atoms with Gasteiger partial charge in [-0.1, -0.05) is 6.92 Å². The van der Waals surface area contributed by atoms with Crippen LogP contribution in [0, 0.1) is 0 Å². The van der Waals surface area contributed by atoms with Gasteiger partial charge >= 0.3 is 29.6 Å². The second-order valence-corrected chi connectivity index (χ2v) is 1.92. The average molecular weight is 156 g/mol. The molecule has 0 rings (SSSR count). The van der Waals surface area contributed by atoms with Gasteiger partial charge in [0.25, 0.3) is 0 Å². The monoisotopic (exact) mass is 156 g/mol. The fourth-order valence-electron chi connectivity index (χ4n) is 0.479. The molecule has 0 N–H and O–H groups in total. The van der Waals surface area contributed by atoms with Crippen LogP contribution in [0.25, 0.3) is 0 Å². The molecule has 0 aromatic rings. The van der Waals surface area contributed by atoms with E-state index < -0.39 is 12.1 Å². The first kappa shape index (κ1) is 13.0. The van der Waals surface area contributed by atoms with Gasteiger partial charge in [-0.05, 0) is 19.3 Å². The van der Waals surface area contributed by atoms with Gasteiger partial charge in [-0.25, -0.2) is 4.39 Å². The van der Waals surface area contributed by atoms with Crippen molar-refractivity contribution in [1.29, 1.82) is 0 Å². The molecule has 0 aromatic carbocycles. The van der Waals surface area contributed by atoms with Gasteiger partial charge in [-0.3, -0.25) is 0 Å². The molecule has 0 radical (unpaired) electrons. The zero-order valence-corrected chi connectivity index (χ0v) is 8.39. The van der Waals surface area contributed by atoms with E-state index in [2.05, 4.69) is 0 Å². The smallest absolute Gasteiger partial charge is 0.550 e. The molecule has 0 spiro atoms. The van der Waals surface area contributed by atoms with Crippen LogP contribution in [0.3, 0.4) is 0 Å². The van der Waals surface area contributed by atoms with E-state index in [1.165, 1.54) is 0 Å². The van der Waals surface area contributed by atoms with Crippen LogP contribution >= 0.6 is 0 Å². The van der Waals surface area contributed by atoms with Gasteiger partial charge in [0.15, 0.2) is 0 Å². The van der Waals surface area contributed by atoms with E-state index in [4.69, 9.17) is 0 Å². The van der Waals surface area contributed by atoms with Crippen molar-refractivity contribution >= 4 is 5.97 Å². The van der Waals surface area contributed by atoms with E-state index in [-0.39, 0.29) is 42.4 Å². The minimum atomic E-state index is -1.17. The Hall–Kier alpha value is 0.400. The molecule has 1 unspecified atom stereocenters. The Morgan fingerprint density at radius 1 is 1.70 bits per heavy atom. The third-order valence-electron chi connectivity index (χ3n) is 1.10. The molecule has 1 atom stereocenters. The molecule has 0 fully saturated rings. The first-order valence-corrected chi connectivity index (χ1v) is 3.00. The molecule has 2 nitrogen and oxygen atoms in total. The second kappa shape index (κ2) is 7.51. The van der Waals surface area contributed by atoms with Crippen LogP contribution < -0.4 is 34.7 Å². The number of carbonyl (C=O) groups is 1. The Morgan fingerprint density at radius 2 is 2.20 bits per heavy atom. The molecule has 4 heteroatoms. The standard InChI is InChI=1S/C6H11FO2.Na/c1-2-5(7)3-4-6(8)9;/h5H,2-4H2,1H3,(H,8,9);/q;+1/p-1. The number of alkyl halides is 1. The Balaban J connectivity index is 0. The van der Waals surface area contributed by atoms with Crippen LogP contribution in [-0.2, 0) is 4.79 Å². The van der Waals surface area contributed by atoms with Gasteiger partial charge in [-0.2, -0.15) is 0 Å². The number of carboxylic acids is 1. The predicted molar refractivity (Wildman–Crippen MR) is 29.4 cm³/mol. The summed E-state index contributed by atoms with van der Waals surface area (Å²) in [5, 5.41) is 9.74. The number of hydrogen-bond donors (Lipinski definition) is 0. The summed E-state index contributed by atoms with van der Waals surface area (Å²) in [6.07, 6.45) is -0.691. The molecule has 0 aliphatic carbocycles. The number of carboxylic acid groups (broad SMARTS) is 1. The molecule has 0 aromatic heterocycles. The van der Waals surface area contributed by atoms with Gasteiger partial charge in [0.05, 0.1) is 0 Å². The van der Waals surface area contributed by atoms with E-state index in [1.54, 1.807) is 6.92 Å². The Labute approximate surface area is 82.1 Å². The Morgan fingerprint density at radius 3 is 2.50 bits per heavy atom. The molecule has 0 aliphatic rings. The summed E-state index contributed by atoms with van der Waals surface area (Å²) in [4.78, 5) is 9.74. The second-order valence-electron chi connectivity index (χ2n) is 1.92. The molecular weight excluding hydrogens is 146 g/mol. The van der Waals surface area contributed by atoms with Crippen LogP contribution in [0.15, 0.2) is 0 Å². The third kappa shape index (κ3) is 8.40. The van der Waals surface area contributed by atoms with Crippen molar-refractivity contribution in [2.75, 3.05) is 0 Å². The maximum atomic E-state index is 12.2. The Bertz CT molecular complexity index is 97.7. The topological polar surface area (TPSA) is 40.1 Å². The average Bonchev–Trinajstić information content (AvgIpc) is 1.83. The largest absolute Gasteiger partial charge is 1.00 e. The summed E-state index contributed by atoms with van der Waals surface area (Å²) in [6.45, 7) is 1.68. The van der Waals surface area contributed by atoms with Crippen molar-refractivity contribution in [3.63, 3.8) is 0 Å².